The molecule has 1 aliphatic rings. The standard InChI is InChI=1S/C28H27ClN2O5S/c1-5-13-36-25-19(29)14-17(15-21(25)35-7-3)16-22-26(32)31-24(18-11-9-8-10-12-18)23(27(33)34-4)20(6-2)30-28(31)37-22/h5,8-12,14-16,24H,1,6-7,13H2,2-4H3/b22-16-/t24-/m0/s1. The molecule has 0 amide bonds. The van der Waals surface area contributed by atoms with Gasteiger partial charge in [0.15, 0.2) is 16.3 Å². The molecular weight excluding hydrogens is 512 g/mol. The molecule has 1 atom stereocenters. The molecule has 0 aliphatic carbocycles. The second-order valence-electron chi connectivity index (χ2n) is 8.06. The number of nitrogens with zero attached hydrogens (tertiary/aromatic N) is 2. The van der Waals surface area contributed by atoms with E-state index in [9.17, 15) is 9.59 Å². The van der Waals surface area contributed by atoms with Crippen LogP contribution in [0.25, 0.3) is 6.08 Å². The van der Waals surface area contributed by atoms with E-state index in [-0.39, 0.29) is 12.2 Å². The third-order valence-corrected chi connectivity index (χ3v) is 7.00. The molecule has 9 heteroatoms. The summed E-state index contributed by atoms with van der Waals surface area (Å²) in [4.78, 5) is 31.8. The van der Waals surface area contributed by atoms with Crippen LogP contribution in [0.1, 0.15) is 37.4 Å². The maximum Gasteiger partial charge on any atom is 0.338 e. The van der Waals surface area contributed by atoms with Gasteiger partial charge in [-0.15, -0.1) is 0 Å². The van der Waals surface area contributed by atoms with E-state index in [0.29, 0.717) is 55.7 Å². The third kappa shape index (κ3) is 5.26. The largest absolute Gasteiger partial charge is 0.490 e. The normalized spacial score (nSPS) is 15.1. The van der Waals surface area contributed by atoms with Crippen molar-refractivity contribution in [1.82, 2.24) is 4.57 Å². The first kappa shape index (κ1) is 26.4. The van der Waals surface area contributed by atoms with E-state index < -0.39 is 12.0 Å². The average Bonchev–Trinajstić information content (AvgIpc) is 3.21. The fourth-order valence-corrected chi connectivity index (χ4v) is 5.48. The van der Waals surface area contributed by atoms with E-state index in [0.717, 1.165) is 5.56 Å². The number of carbonyl (C=O) groups is 1. The van der Waals surface area contributed by atoms with Crippen molar-refractivity contribution in [2.45, 2.75) is 26.3 Å². The molecule has 192 valence electrons. The van der Waals surface area contributed by atoms with Gasteiger partial charge in [-0.25, -0.2) is 9.79 Å². The first-order chi connectivity index (χ1) is 17.9. The Bertz CT molecular complexity index is 1540. The van der Waals surface area contributed by atoms with Gasteiger partial charge in [-0.1, -0.05) is 72.8 Å². The molecule has 0 N–H and O–H groups in total. The first-order valence-corrected chi connectivity index (χ1v) is 13.0. The van der Waals surface area contributed by atoms with Gasteiger partial charge in [-0.2, -0.15) is 0 Å². The molecular formula is C28H27ClN2O5S. The van der Waals surface area contributed by atoms with Crippen LogP contribution in [0, 0.1) is 0 Å². The number of ether oxygens (including phenoxy) is 3. The highest BCUT2D eigenvalue weighted by Crippen LogP contribution is 2.37. The van der Waals surface area contributed by atoms with Crippen LogP contribution in [-0.4, -0.2) is 30.9 Å². The average molecular weight is 539 g/mol. The number of methoxy groups -OCH3 is 1. The van der Waals surface area contributed by atoms with Gasteiger partial charge in [0.05, 0.1) is 40.6 Å². The van der Waals surface area contributed by atoms with Crippen molar-refractivity contribution in [2.75, 3.05) is 20.3 Å². The first-order valence-electron chi connectivity index (χ1n) is 11.8. The molecule has 0 saturated heterocycles. The van der Waals surface area contributed by atoms with Crippen molar-refractivity contribution in [3.05, 3.63) is 102 Å². The topological polar surface area (TPSA) is 79.1 Å². The van der Waals surface area contributed by atoms with Gasteiger partial charge in [0.25, 0.3) is 5.56 Å². The van der Waals surface area contributed by atoms with Crippen LogP contribution in [0.5, 0.6) is 11.5 Å². The van der Waals surface area contributed by atoms with Gasteiger partial charge in [0, 0.05) is 0 Å². The van der Waals surface area contributed by atoms with Crippen molar-refractivity contribution in [2.24, 2.45) is 4.99 Å². The SMILES string of the molecule is C=CCOc1c(Cl)cc(/C=c2\sc3n(c2=O)[C@@H](c2ccccc2)C(C(=O)OC)=C(CC)N=3)cc1OCC. The van der Waals surface area contributed by atoms with Gasteiger partial charge in [-0.3, -0.25) is 9.36 Å². The Hall–Kier alpha value is -3.62. The van der Waals surface area contributed by atoms with Crippen LogP contribution in [0.2, 0.25) is 5.02 Å². The maximum atomic E-state index is 13.8. The van der Waals surface area contributed by atoms with Crippen molar-refractivity contribution in [3.8, 4) is 11.5 Å². The molecule has 0 bridgehead atoms. The summed E-state index contributed by atoms with van der Waals surface area (Å²) >= 11 is 7.76. The van der Waals surface area contributed by atoms with Crippen LogP contribution < -0.4 is 24.4 Å². The molecule has 0 fully saturated rings. The number of halogens is 1. The van der Waals surface area contributed by atoms with E-state index in [1.54, 1.807) is 28.9 Å². The number of hydrogen-bond acceptors (Lipinski definition) is 7. The zero-order chi connectivity index (χ0) is 26.5. The molecule has 7 nitrogen and oxygen atoms in total. The molecule has 2 heterocycles. The fraction of sp³-hybridized carbons (Fsp3) is 0.250. The smallest absolute Gasteiger partial charge is 0.338 e. The lowest BCUT2D eigenvalue weighted by Crippen LogP contribution is -2.40. The molecule has 0 spiro atoms. The minimum atomic E-state index is -0.653. The lowest BCUT2D eigenvalue weighted by atomic mass is 9.95. The molecule has 37 heavy (non-hydrogen) atoms. The number of thiazole rings is 1. The lowest BCUT2D eigenvalue weighted by Gasteiger charge is -2.25. The molecule has 4 rings (SSSR count). The van der Waals surface area contributed by atoms with E-state index >= 15 is 0 Å². The summed E-state index contributed by atoms with van der Waals surface area (Å²) in [6, 6.07) is 12.2. The minimum absolute atomic E-state index is 0.268. The number of aromatic nitrogens is 1. The Kier molecular flexibility index (Phi) is 8.31. The van der Waals surface area contributed by atoms with E-state index in [1.165, 1.54) is 18.4 Å². The summed E-state index contributed by atoms with van der Waals surface area (Å²) in [6.45, 7) is 8.15. The number of hydrogen-bond donors (Lipinski definition) is 0. The number of esters is 1. The predicted molar refractivity (Wildman–Crippen MR) is 145 cm³/mol. The molecule has 0 saturated carbocycles. The summed E-state index contributed by atoms with van der Waals surface area (Å²) < 4.78 is 18.5. The maximum absolute atomic E-state index is 13.8. The number of fused-ring (bicyclic) bond motifs is 1. The van der Waals surface area contributed by atoms with Crippen molar-refractivity contribution < 1.29 is 19.0 Å². The zero-order valence-corrected chi connectivity index (χ0v) is 22.4. The van der Waals surface area contributed by atoms with Gasteiger partial charge in [-0.05, 0) is 42.7 Å². The van der Waals surface area contributed by atoms with E-state index in [4.69, 9.17) is 25.8 Å². The van der Waals surface area contributed by atoms with Crippen LogP contribution in [-0.2, 0) is 9.53 Å². The number of allylic oxidation sites excluding steroid dienone is 1. The highest BCUT2D eigenvalue weighted by molar-refractivity contribution is 7.07. The second-order valence-corrected chi connectivity index (χ2v) is 9.48. The Labute approximate surface area is 223 Å². The molecule has 1 aromatic heterocycles. The zero-order valence-electron chi connectivity index (χ0n) is 20.8. The van der Waals surface area contributed by atoms with Gasteiger partial charge in [0.1, 0.15) is 6.61 Å². The highest BCUT2D eigenvalue weighted by Gasteiger charge is 2.33. The Morgan fingerprint density at radius 2 is 1.97 bits per heavy atom. The Balaban J connectivity index is 1.92. The summed E-state index contributed by atoms with van der Waals surface area (Å²) in [7, 11) is 1.33. The molecule has 2 aromatic carbocycles. The second kappa shape index (κ2) is 11.6. The summed E-state index contributed by atoms with van der Waals surface area (Å²) in [5, 5.41) is 0.357. The summed E-state index contributed by atoms with van der Waals surface area (Å²) in [5.74, 6) is 0.382. The lowest BCUT2D eigenvalue weighted by molar-refractivity contribution is -0.136. The summed E-state index contributed by atoms with van der Waals surface area (Å²) in [6.07, 6.45) is 3.88. The molecule has 0 unspecified atom stereocenters. The molecule has 1 aliphatic heterocycles. The van der Waals surface area contributed by atoms with Crippen molar-refractivity contribution >= 4 is 35.0 Å². The Morgan fingerprint density at radius 1 is 1.22 bits per heavy atom. The van der Waals surface area contributed by atoms with Crippen LogP contribution >= 0.6 is 22.9 Å². The van der Waals surface area contributed by atoms with Crippen LogP contribution in [0.3, 0.4) is 0 Å². The van der Waals surface area contributed by atoms with Crippen molar-refractivity contribution in [1.29, 1.82) is 0 Å². The van der Waals surface area contributed by atoms with Crippen LogP contribution in [0.15, 0.2) is 76.2 Å². The quantitative estimate of drug-likeness (QED) is 0.298. The van der Waals surface area contributed by atoms with Gasteiger partial charge < -0.3 is 14.2 Å². The van der Waals surface area contributed by atoms with Crippen LogP contribution in [0.4, 0.5) is 0 Å². The van der Waals surface area contributed by atoms with Gasteiger partial charge in [0.2, 0.25) is 0 Å². The van der Waals surface area contributed by atoms with Crippen molar-refractivity contribution in [3.63, 3.8) is 0 Å². The number of rotatable bonds is 9. The monoisotopic (exact) mass is 538 g/mol. The molecule has 3 aromatic rings. The minimum Gasteiger partial charge on any atom is -0.490 e. The summed E-state index contributed by atoms with van der Waals surface area (Å²) in [5.41, 5.74) is 2.15. The fourth-order valence-electron chi connectivity index (χ4n) is 4.18. The predicted octanol–water partition coefficient (Wildman–Crippen LogP) is 4.42. The van der Waals surface area contributed by atoms with E-state index in [2.05, 4.69) is 11.6 Å². The third-order valence-electron chi connectivity index (χ3n) is 5.74. The van der Waals surface area contributed by atoms with E-state index in [1.807, 2.05) is 44.2 Å². The highest BCUT2D eigenvalue weighted by atomic mass is 35.5. The van der Waals surface area contributed by atoms with Gasteiger partial charge >= 0.3 is 5.97 Å². The number of benzene rings is 2. The molecule has 0 radical (unpaired) electrons. The number of carbonyl (C=O) groups excluding carboxylic acids is 1. The Morgan fingerprint density at radius 3 is 2.62 bits per heavy atom.